The average Bonchev–Trinajstić information content (AvgIpc) is 3.05. The number of methoxy groups -OCH3 is 1. The van der Waals surface area contributed by atoms with Crippen LogP contribution < -0.4 is 14.2 Å². The molecule has 2 aromatic rings. The monoisotopic (exact) mass is 310 g/mol. The molecule has 1 aliphatic heterocycles. The average molecular weight is 311 g/mol. The van der Waals surface area contributed by atoms with Crippen LogP contribution in [0.2, 0.25) is 5.02 Å². The van der Waals surface area contributed by atoms with Crippen LogP contribution in [0, 0.1) is 0 Å². The normalized spacial score (nSPS) is 12.5. The molecule has 0 bridgehead atoms. The minimum absolute atomic E-state index is 0.0663. The van der Waals surface area contributed by atoms with Crippen LogP contribution in [0.3, 0.4) is 0 Å². The Kier molecular flexibility index (Phi) is 3.13. The van der Waals surface area contributed by atoms with E-state index in [9.17, 15) is 4.79 Å². The van der Waals surface area contributed by atoms with Crippen molar-refractivity contribution in [1.82, 2.24) is 9.78 Å². The molecule has 2 heterocycles. The molecule has 0 fully saturated rings. The van der Waals surface area contributed by atoms with Crippen molar-refractivity contribution in [3.63, 3.8) is 0 Å². The lowest BCUT2D eigenvalue weighted by Crippen LogP contribution is -1.99. The van der Waals surface area contributed by atoms with Crippen molar-refractivity contribution in [3.8, 4) is 28.5 Å². The van der Waals surface area contributed by atoms with E-state index >= 15 is 0 Å². The maximum atomic E-state index is 11.0. The number of fused-ring (bicyclic) bond motifs is 1. The summed E-state index contributed by atoms with van der Waals surface area (Å²) in [5.74, 6) is 0.162. The van der Waals surface area contributed by atoms with E-state index in [1.165, 1.54) is 17.9 Å². The molecule has 0 aliphatic carbocycles. The van der Waals surface area contributed by atoms with E-state index in [1.54, 1.807) is 13.1 Å². The molecule has 0 atom stereocenters. The minimum Gasteiger partial charge on any atom is -0.494 e. The Morgan fingerprint density at radius 3 is 2.86 bits per heavy atom. The SMILES string of the molecule is COc1c(-c2cc(C(=O)O)nn2C)cc2c(c1Cl)OCO2. The highest BCUT2D eigenvalue weighted by Gasteiger charge is 2.26. The fraction of sp³-hybridized carbons (Fsp3) is 0.231. The van der Waals surface area contributed by atoms with Crippen molar-refractivity contribution in [3.05, 3.63) is 22.8 Å². The van der Waals surface area contributed by atoms with Gasteiger partial charge in [0.1, 0.15) is 5.02 Å². The molecule has 0 saturated heterocycles. The van der Waals surface area contributed by atoms with E-state index in [0.29, 0.717) is 28.5 Å². The first-order chi connectivity index (χ1) is 10.0. The van der Waals surface area contributed by atoms with Gasteiger partial charge in [0.2, 0.25) is 6.79 Å². The second-order valence-corrected chi connectivity index (χ2v) is 4.73. The number of halogens is 1. The number of aryl methyl sites for hydroxylation is 1. The lowest BCUT2D eigenvalue weighted by Gasteiger charge is -2.12. The van der Waals surface area contributed by atoms with Gasteiger partial charge in [-0.05, 0) is 12.1 Å². The summed E-state index contributed by atoms with van der Waals surface area (Å²) in [5.41, 5.74) is 1.06. The number of aromatic nitrogens is 2. The largest absolute Gasteiger partial charge is 0.494 e. The predicted octanol–water partition coefficient (Wildman–Crippen LogP) is 2.18. The first-order valence-corrected chi connectivity index (χ1v) is 6.34. The second kappa shape index (κ2) is 4.85. The Morgan fingerprint density at radius 2 is 2.24 bits per heavy atom. The van der Waals surface area contributed by atoms with E-state index in [4.69, 9.17) is 30.9 Å². The molecular formula is C13H11ClN2O5. The number of nitrogens with zero attached hydrogens (tertiary/aromatic N) is 2. The summed E-state index contributed by atoms with van der Waals surface area (Å²) in [6.45, 7) is 0.0768. The molecule has 7 nitrogen and oxygen atoms in total. The molecule has 0 radical (unpaired) electrons. The molecule has 0 amide bonds. The third kappa shape index (κ3) is 2.06. The maximum absolute atomic E-state index is 11.0. The Bertz CT molecular complexity index is 741. The third-order valence-electron chi connectivity index (χ3n) is 3.14. The van der Waals surface area contributed by atoms with Crippen LogP contribution in [0.5, 0.6) is 17.2 Å². The van der Waals surface area contributed by atoms with Crippen LogP contribution in [0.4, 0.5) is 0 Å². The maximum Gasteiger partial charge on any atom is 0.356 e. The van der Waals surface area contributed by atoms with E-state index < -0.39 is 5.97 Å². The topological polar surface area (TPSA) is 82.8 Å². The quantitative estimate of drug-likeness (QED) is 0.935. The Labute approximate surface area is 124 Å². The number of hydrogen-bond acceptors (Lipinski definition) is 5. The zero-order chi connectivity index (χ0) is 15.1. The molecule has 110 valence electrons. The van der Waals surface area contributed by atoms with Crippen LogP contribution in [0.15, 0.2) is 12.1 Å². The van der Waals surface area contributed by atoms with Crippen LogP contribution in [0.25, 0.3) is 11.3 Å². The van der Waals surface area contributed by atoms with Crippen LogP contribution in [-0.2, 0) is 7.05 Å². The van der Waals surface area contributed by atoms with Crippen molar-refractivity contribution in [2.24, 2.45) is 7.05 Å². The third-order valence-corrected chi connectivity index (χ3v) is 3.48. The van der Waals surface area contributed by atoms with Gasteiger partial charge in [-0.1, -0.05) is 11.6 Å². The number of aromatic carboxylic acids is 1. The molecule has 1 N–H and O–H groups in total. The van der Waals surface area contributed by atoms with Crippen molar-refractivity contribution in [1.29, 1.82) is 0 Å². The zero-order valence-corrected chi connectivity index (χ0v) is 12.0. The summed E-state index contributed by atoms with van der Waals surface area (Å²) >= 11 is 6.26. The summed E-state index contributed by atoms with van der Waals surface area (Å²) in [6, 6.07) is 3.13. The fourth-order valence-electron chi connectivity index (χ4n) is 2.20. The molecule has 1 aromatic heterocycles. The van der Waals surface area contributed by atoms with Crippen molar-refractivity contribution in [2.45, 2.75) is 0 Å². The summed E-state index contributed by atoms with van der Waals surface area (Å²) in [4.78, 5) is 11.0. The molecule has 21 heavy (non-hydrogen) atoms. The van der Waals surface area contributed by atoms with Crippen LogP contribution >= 0.6 is 11.6 Å². The summed E-state index contributed by atoms with van der Waals surface area (Å²) < 4.78 is 17.4. The van der Waals surface area contributed by atoms with Gasteiger partial charge < -0.3 is 19.3 Å². The van der Waals surface area contributed by atoms with Gasteiger partial charge in [0.05, 0.1) is 12.8 Å². The lowest BCUT2D eigenvalue weighted by atomic mass is 10.1. The number of carboxylic acids is 1. The summed E-state index contributed by atoms with van der Waals surface area (Å²) in [5, 5.41) is 13.2. The molecule has 1 aromatic carbocycles. The van der Waals surface area contributed by atoms with E-state index in [-0.39, 0.29) is 17.5 Å². The van der Waals surface area contributed by atoms with E-state index in [0.717, 1.165) is 0 Å². The first-order valence-electron chi connectivity index (χ1n) is 5.96. The molecule has 0 saturated carbocycles. The van der Waals surface area contributed by atoms with Gasteiger partial charge in [0, 0.05) is 12.6 Å². The zero-order valence-electron chi connectivity index (χ0n) is 11.2. The molecule has 0 spiro atoms. The molecule has 1 aliphatic rings. The minimum atomic E-state index is -1.11. The summed E-state index contributed by atoms with van der Waals surface area (Å²) in [7, 11) is 3.11. The van der Waals surface area contributed by atoms with Crippen LogP contribution in [-0.4, -0.2) is 34.8 Å². The number of benzene rings is 1. The highest BCUT2D eigenvalue weighted by atomic mass is 35.5. The van der Waals surface area contributed by atoms with Gasteiger partial charge in [-0.15, -0.1) is 0 Å². The van der Waals surface area contributed by atoms with Gasteiger partial charge in [0.15, 0.2) is 22.9 Å². The number of rotatable bonds is 3. The van der Waals surface area contributed by atoms with E-state index in [1.807, 2.05) is 0 Å². The second-order valence-electron chi connectivity index (χ2n) is 4.35. The van der Waals surface area contributed by atoms with Crippen molar-refractivity contribution in [2.75, 3.05) is 13.9 Å². The van der Waals surface area contributed by atoms with Gasteiger partial charge in [-0.3, -0.25) is 4.68 Å². The number of hydrogen-bond donors (Lipinski definition) is 1. The highest BCUT2D eigenvalue weighted by molar-refractivity contribution is 6.34. The van der Waals surface area contributed by atoms with Crippen molar-refractivity contribution < 1.29 is 24.1 Å². The summed E-state index contributed by atoms with van der Waals surface area (Å²) in [6.07, 6.45) is 0. The molecule has 3 rings (SSSR count). The Hall–Kier alpha value is -2.41. The molecular weight excluding hydrogens is 300 g/mol. The van der Waals surface area contributed by atoms with Gasteiger partial charge >= 0.3 is 5.97 Å². The number of ether oxygens (including phenoxy) is 3. The smallest absolute Gasteiger partial charge is 0.356 e. The highest BCUT2D eigenvalue weighted by Crippen LogP contribution is 2.49. The van der Waals surface area contributed by atoms with Gasteiger partial charge in [-0.2, -0.15) is 5.10 Å². The van der Waals surface area contributed by atoms with Gasteiger partial charge in [0.25, 0.3) is 0 Å². The molecule has 0 unspecified atom stereocenters. The standard InChI is InChI=1S/C13H11ClN2O5/c1-16-8(4-7(15-16)13(17)18)6-3-9-12(21-5-20-9)10(14)11(6)19-2/h3-4H,5H2,1-2H3,(H,17,18). The lowest BCUT2D eigenvalue weighted by molar-refractivity contribution is 0.0689. The number of carboxylic acid groups (broad SMARTS) is 1. The fourth-order valence-corrected chi connectivity index (χ4v) is 2.53. The molecule has 8 heteroatoms. The predicted molar refractivity (Wildman–Crippen MR) is 73.3 cm³/mol. The Balaban J connectivity index is 2.23. The Morgan fingerprint density at radius 1 is 1.48 bits per heavy atom. The van der Waals surface area contributed by atoms with Crippen LogP contribution in [0.1, 0.15) is 10.5 Å². The number of carbonyl (C=O) groups is 1. The van der Waals surface area contributed by atoms with Crippen molar-refractivity contribution >= 4 is 17.6 Å². The van der Waals surface area contributed by atoms with E-state index in [2.05, 4.69) is 5.10 Å². The first kappa shape index (κ1) is 13.6. The van der Waals surface area contributed by atoms with Gasteiger partial charge in [-0.25, -0.2) is 4.79 Å².